The van der Waals surface area contributed by atoms with Crippen molar-refractivity contribution in [2.45, 2.75) is 39.5 Å². The molecule has 0 aromatic heterocycles. The SMILES string of the molecule is CCCCC(CC)COC(N)=S. The van der Waals surface area contributed by atoms with E-state index in [2.05, 4.69) is 26.1 Å². The lowest BCUT2D eigenvalue weighted by Crippen LogP contribution is -2.18. The first-order chi connectivity index (χ1) is 5.70. The summed E-state index contributed by atoms with van der Waals surface area (Å²) in [6, 6.07) is 0. The molecule has 0 spiro atoms. The van der Waals surface area contributed by atoms with Crippen molar-refractivity contribution in [2.24, 2.45) is 11.7 Å². The molecule has 0 heterocycles. The van der Waals surface area contributed by atoms with Crippen LogP contribution in [0.25, 0.3) is 0 Å². The van der Waals surface area contributed by atoms with Crippen LogP contribution in [0.4, 0.5) is 0 Å². The first kappa shape index (κ1) is 11.7. The van der Waals surface area contributed by atoms with Gasteiger partial charge in [0, 0.05) is 0 Å². The predicted octanol–water partition coefficient (Wildman–Crippen LogP) is 2.46. The Bertz CT molecular complexity index is 128. The average molecular weight is 189 g/mol. The number of rotatable bonds is 6. The summed E-state index contributed by atoms with van der Waals surface area (Å²) in [7, 11) is 0. The van der Waals surface area contributed by atoms with Gasteiger partial charge in [-0.25, -0.2) is 0 Å². The second-order valence-electron chi connectivity index (χ2n) is 3.05. The Morgan fingerprint density at radius 1 is 1.50 bits per heavy atom. The van der Waals surface area contributed by atoms with Crippen LogP contribution in [0.3, 0.4) is 0 Å². The van der Waals surface area contributed by atoms with Gasteiger partial charge in [-0.15, -0.1) is 0 Å². The molecular formula is C9H19NOS. The molecule has 0 aliphatic carbocycles. The second-order valence-corrected chi connectivity index (χ2v) is 3.45. The highest BCUT2D eigenvalue weighted by Gasteiger charge is 2.06. The van der Waals surface area contributed by atoms with Crippen molar-refractivity contribution in [3.05, 3.63) is 0 Å². The van der Waals surface area contributed by atoms with Crippen LogP contribution in [0, 0.1) is 5.92 Å². The molecule has 0 saturated heterocycles. The number of unbranched alkanes of at least 4 members (excludes halogenated alkanes) is 1. The Labute approximate surface area is 80.5 Å². The number of ether oxygens (including phenoxy) is 1. The van der Waals surface area contributed by atoms with Gasteiger partial charge in [0.1, 0.15) is 0 Å². The van der Waals surface area contributed by atoms with E-state index >= 15 is 0 Å². The number of hydrogen-bond donors (Lipinski definition) is 1. The maximum Gasteiger partial charge on any atom is 0.253 e. The molecule has 2 N–H and O–H groups in total. The van der Waals surface area contributed by atoms with Gasteiger partial charge in [-0.2, -0.15) is 0 Å². The summed E-state index contributed by atoms with van der Waals surface area (Å²) in [5.41, 5.74) is 5.23. The van der Waals surface area contributed by atoms with Crippen molar-refractivity contribution in [2.75, 3.05) is 6.61 Å². The molecule has 12 heavy (non-hydrogen) atoms. The molecule has 0 amide bonds. The lowest BCUT2D eigenvalue weighted by Gasteiger charge is -2.13. The summed E-state index contributed by atoms with van der Waals surface area (Å²) in [4.78, 5) is 0. The molecule has 1 unspecified atom stereocenters. The molecule has 0 bridgehead atoms. The third-order valence-corrected chi connectivity index (χ3v) is 2.12. The van der Waals surface area contributed by atoms with Crippen LogP contribution < -0.4 is 5.73 Å². The van der Waals surface area contributed by atoms with Crippen molar-refractivity contribution in [1.82, 2.24) is 0 Å². The Morgan fingerprint density at radius 2 is 2.17 bits per heavy atom. The van der Waals surface area contributed by atoms with E-state index in [-0.39, 0.29) is 5.17 Å². The maximum atomic E-state index is 5.23. The van der Waals surface area contributed by atoms with Gasteiger partial charge in [-0.05, 0) is 24.6 Å². The van der Waals surface area contributed by atoms with Crippen molar-refractivity contribution < 1.29 is 4.74 Å². The fourth-order valence-electron chi connectivity index (χ4n) is 1.10. The average Bonchev–Trinajstić information content (AvgIpc) is 2.05. The van der Waals surface area contributed by atoms with Gasteiger partial charge >= 0.3 is 0 Å². The van der Waals surface area contributed by atoms with Gasteiger partial charge in [0.25, 0.3) is 5.17 Å². The standard InChI is InChI=1S/C9H19NOS/c1-3-5-6-8(4-2)7-11-9(10)12/h8H,3-7H2,1-2H3,(H2,10,12). The molecule has 0 aliphatic rings. The number of thiocarbonyl (C=S) groups is 1. The zero-order chi connectivity index (χ0) is 9.40. The van der Waals surface area contributed by atoms with E-state index in [1.165, 1.54) is 19.3 Å². The third kappa shape index (κ3) is 6.40. The zero-order valence-corrected chi connectivity index (χ0v) is 8.82. The van der Waals surface area contributed by atoms with Gasteiger partial charge in [0.05, 0.1) is 6.61 Å². The predicted molar refractivity (Wildman–Crippen MR) is 56.0 cm³/mol. The van der Waals surface area contributed by atoms with Gasteiger partial charge in [0.2, 0.25) is 0 Å². The van der Waals surface area contributed by atoms with Crippen LogP contribution in [0.2, 0.25) is 0 Å². The minimum atomic E-state index is 0.171. The van der Waals surface area contributed by atoms with Crippen LogP contribution in [-0.2, 0) is 4.74 Å². The molecule has 72 valence electrons. The molecule has 3 heteroatoms. The molecule has 0 aromatic rings. The van der Waals surface area contributed by atoms with Gasteiger partial charge in [-0.3, -0.25) is 0 Å². The molecular weight excluding hydrogens is 170 g/mol. The van der Waals surface area contributed by atoms with Crippen LogP contribution in [-0.4, -0.2) is 11.8 Å². The molecule has 1 atom stereocenters. The molecule has 0 radical (unpaired) electrons. The van der Waals surface area contributed by atoms with E-state index in [1.807, 2.05) is 0 Å². The normalized spacial score (nSPS) is 12.5. The van der Waals surface area contributed by atoms with Gasteiger partial charge in [-0.1, -0.05) is 33.1 Å². The highest BCUT2D eigenvalue weighted by Crippen LogP contribution is 2.12. The fraction of sp³-hybridized carbons (Fsp3) is 0.889. The Balaban J connectivity index is 3.45. The van der Waals surface area contributed by atoms with Crippen molar-refractivity contribution in [1.29, 1.82) is 0 Å². The summed E-state index contributed by atoms with van der Waals surface area (Å²) in [5.74, 6) is 0.617. The Morgan fingerprint density at radius 3 is 2.58 bits per heavy atom. The second kappa shape index (κ2) is 7.35. The third-order valence-electron chi connectivity index (χ3n) is 2.00. The van der Waals surface area contributed by atoms with Gasteiger partial charge < -0.3 is 10.5 Å². The van der Waals surface area contributed by atoms with Crippen molar-refractivity contribution in [3.8, 4) is 0 Å². The minimum Gasteiger partial charge on any atom is -0.471 e. The van der Waals surface area contributed by atoms with E-state index in [9.17, 15) is 0 Å². The summed E-state index contributed by atoms with van der Waals surface area (Å²) in [5, 5.41) is 0.171. The molecule has 2 nitrogen and oxygen atoms in total. The van der Waals surface area contributed by atoms with E-state index in [0.717, 1.165) is 6.42 Å². The topological polar surface area (TPSA) is 35.2 Å². The largest absolute Gasteiger partial charge is 0.471 e. The first-order valence-electron chi connectivity index (χ1n) is 4.62. The van der Waals surface area contributed by atoms with E-state index in [1.54, 1.807) is 0 Å². The van der Waals surface area contributed by atoms with E-state index < -0.39 is 0 Å². The summed E-state index contributed by atoms with van der Waals surface area (Å²) in [6.07, 6.45) is 4.86. The fourth-order valence-corrected chi connectivity index (χ4v) is 1.17. The Hall–Kier alpha value is -0.310. The minimum absolute atomic E-state index is 0.171. The van der Waals surface area contributed by atoms with Crippen LogP contribution >= 0.6 is 12.2 Å². The van der Waals surface area contributed by atoms with Crippen LogP contribution in [0.15, 0.2) is 0 Å². The quantitative estimate of drug-likeness (QED) is 0.652. The highest BCUT2D eigenvalue weighted by molar-refractivity contribution is 7.80. The van der Waals surface area contributed by atoms with Crippen LogP contribution in [0.1, 0.15) is 39.5 Å². The number of nitrogens with two attached hydrogens (primary N) is 1. The number of hydrogen-bond acceptors (Lipinski definition) is 2. The molecule has 0 aliphatic heterocycles. The highest BCUT2D eigenvalue weighted by atomic mass is 32.1. The molecule has 0 aromatic carbocycles. The monoisotopic (exact) mass is 189 g/mol. The summed E-state index contributed by atoms with van der Waals surface area (Å²) < 4.78 is 5.10. The summed E-state index contributed by atoms with van der Waals surface area (Å²) in [6.45, 7) is 5.05. The zero-order valence-electron chi connectivity index (χ0n) is 8.01. The lowest BCUT2D eigenvalue weighted by atomic mass is 10.0. The van der Waals surface area contributed by atoms with Gasteiger partial charge in [0.15, 0.2) is 0 Å². The maximum absolute atomic E-state index is 5.23. The molecule has 0 saturated carbocycles. The van der Waals surface area contributed by atoms with E-state index in [0.29, 0.717) is 12.5 Å². The van der Waals surface area contributed by atoms with E-state index in [4.69, 9.17) is 10.5 Å². The molecule has 0 rings (SSSR count). The lowest BCUT2D eigenvalue weighted by molar-refractivity contribution is 0.225. The van der Waals surface area contributed by atoms with Crippen LogP contribution in [0.5, 0.6) is 0 Å². The smallest absolute Gasteiger partial charge is 0.253 e. The summed E-state index contributed by atoms with van der Waals surface area (Å²) >= 11 is 4.63. The Kier molecular flexibility index (Phi) is 7.16. The van der Waals surface area contributed by atoms with Crippen molar-refractivity contribution in [3.63, 3.8) is 0 Å². The van der Waals surface area contributed by atoms with Crippen molar-refractivity contribution >= 4 is 17.4 Å². The first-order valence-corrected chi connectivity index (χ1v) is 5.03. The molecule has 0 fully saturated rings.